The van der Waals surface area contributed by atoms with E-state index in [1.54, 1.807) is 12.4 Å². The Balaban J connectivity index is 1.37. The van der Waals surface area contributed by atoms with Crippen LogP contribution in [0.4, 0.5) is 5.82 Å². The van der Waals surface area contributed by atoms with Gasteiger partial charge in [0.1, 0.15) is 0 Å². The molecule has 2 aromatic heterocycles. The third-order valence-corrected chi connectivity index (χ3v) is 4.88. The van der Waals surface area contributed by atoms with Crippen LogP contribution in [0.5, 0.6) is 0 Å². The Morgan fingerprint density at radius 1 is 1.04 bits per heavy atom. The summed E-state index contributed by atoms with van der Waals surface area (Å²) in [5, 5.41) is 7.45. The first kappa shape index (κ1) is 17.4. The monoisotopic (exact) mass is 361 g/mol. The number of benzene rings is 1. The molecule has 0 bridgehead atoms. The lowest BCUT2D eigenvalue weighted by molar-refractivity contribution is -0.120. The van der Waals surface area contributed by atoms with E-state index in [1.807, 2.05) is 47.3 Å². The van der Waals surface area contributed by atoms with Crippen molar-refractivity contribution in [1.29, 1.82) is 0 Å². The van der Waals surface area contributed by atoms with Crippen molar-refractivity contribution in [3.63, 3.8) is 0 Å². The molecule has 1 atom stereocenters. The second kappa shape index (κ2) is 8.14. The molecule has 1 N–H and O–H groups in total. The van der Waals surface area contributed by atoms with Gasteiger partial charge >= 0.3 is 0 Å². The lowest BCUT2D eigenvalue weighted by Crippen LogP contribution is -2.39. The van der Waals surface area contributed by atoms with Crippen LogP contribution in [0.1, 0.15) is 24.0 Å². The smallest absolute Gasteiger partial charge is 0.242 e. The predicted molar refractivity (Wildman–Crippen MR) is 104 cm³/mol. The summed E-state index contributed by atoms with van der Waals surface area (Å²) < 4.78 is 1.82. The maximum atomic E-state index is 12.8. The fourth-order valence-electron chi connectivity index (χ4n) is 3.53. The predicted octanol–water partition coefficient (Wildman–Crippen LogP) is 2.93. The van der Waals surface area contributed by atoms with Gasteiger partial charge in [-0.05, 0) is 42.6 Å². The van der Waals surface area contributed by atoms with Gasteiger partial charge in [-0.15, -0.1) is 0 Å². The van der Waals surface area contributed by atoms with E-state index in [0.29, 0.717) is 12.4 Å². The summed E-state index contributed by atoms with van der Waals surface area (Å²) in [7, 11) is 0. The van der Waals surface area contributed by atoms with Crippen molar-refractivity contribution in [1.82, 2.24) is 19.7 Å². The van der Waals surface area contributed by atoms with Crippen LogP contribution < -0.4 is 5.32 Å². The van der Waals surface area contributed by atoms with Gasteiger partial charge in [-0.25, -0.2) is 0 Å². The van der Waals surface area contributed by atoms with Crippen LogP contribution in [0.25, 0.3) is 0 Å². The fraction of sp³-hybridized carbons (Fsp3) is 0.286. The highest BCUT2D eigenvalue weighted by Crippen LogP contribution is 2.21. The standard InChI is InChI=1S/C21H23N5O/c27-21(19-7-4-13-25(19)15-17-5-2-1-3-6-17)23-20-10-14-26(24-20)16-18-8-11-22-12-9-18/h1-3,5-6,8-12,14,19H,4,7,13,15-16H2,(H,23,24,27). The van der Waals surface area contributed by atoms with Crippen molar-refractivity contribution < 1.29 is 4.79 Å². The second-order valence-electron chi connectivity index (χ2n) is 6.86. The maximum absolute atomic E-state index is 12.8. The minimum Gasteiger partial charge on any atom is -0.308 e. The molecule has 0 spiro atoms. The van der Waals surface area contributed by atoms with Crippen molar-refractivity contribution in [3.8, 4) is 0 Å². The Labute approximate surface area is 158 Å². The van der Waals surface area contributed by atoms with Crippen molar-refractivity contribution in [2.24, 2.45) is 0 Å². The average Bonchev–Trinajstić information content (AvgIpc) is 3.33. The number of hydrogen-bond donors (Lipinski definition) is 1. The van der Waals surface area contributed by atoms with Gasteiger partial charge in [0.05, 0.1) is 12.6 Å². The molecule has 1 unspecified atom stereocenters. The van der Waals surface area contributed by atoms with Crippen LogP contribution >= 0.6 is 0 Å². The Bertz CT molecular complexity index is 878. The Hall–Kier alpha value is -2.99. The van der Waals surface area contributed by atoms with E-state index >= 15 is 0 Å². The summed E-state index contributed by atoms with van der Waals surface area (Å²) in [5.41, 5.74) is 2.36. The number of carbonyl (C=O) groups is 1. The molecule has 27 heavy (non-hydrogen) atoms. The van der Waals surface area contributed by atoms with E-state index < -0.39 is 0 Å². The van der Waals surface area contributed by atoms with Gasteiger partial charge in [0.25, 0.3) is 0 Å². The van der Waals surface area contributed by atoms with E-state index in [-0.39, 0.29) is 11.9 Å². The van der Waals surface area contributed by atoms with E-state index in [1.165, 1.54) is 5.56 Å². The summed E-state index contributed by atoms with van der Waals surface area (Å²) in [5.74, 6) is 0.623. The summed E-state index contributed by atoms with van der Waals surface area (Å²) in [4.78, 5) is 19.0. The van der Waals surface area contributed by atoms with E-state index in [4.69, 9.17) is 0 Å². The largest absolute Gasteiger partial charge is 0.308 e. The van der Waals surface area contributed by atoms with E-state index in [9.17, 15) is 4.79 Å². The SMILES string of the molecule is O=C(Nc1ccn(Cc2ccncc2)n1)C1CCCN1Cc1ccccc1. The molecule has 3 heterocycles. The van der Waals surface area contributed by atoms with Crippen LogP contribution in [-0.4, -0.2) is 38.2 Å². The molecule has 4 rings (SSSR count). The Morgan fingerprint density at radius 3 is 2.63 bits per heavy atom. The quantitative estimate of drug-likeness (QED) is 0.733. The Morgan fingerprint density at radius 2 is 1.81 bits per heavy atom. The molecule has 6 heteroatoms. The van der Waals surface area contributed by atoms with Crippen LogP contribution in [0.2, 0.25) is 0 Å². The zero-order chi connectivity index (χ0) is 18.5. The average molecular weight is 361 g/mol. The van der Waals surface area contributed by atoms with E-state index in [0.717, 1.165) is 31.5 Å². The number of hydrogen-bond acceptors (Lipinski definition) is 4. The second-order valence-corrected chi connectivity index (χ2v) is 6.86. The highest BCUT2D eigenvalue weighted by Gasteiger charge is 2.30. The lowest BCUT2D eigenvalue weighted by Gasteiger charge is -2.23. The minimum atomic E-state index is -0.101. The molecule has 0 radical (unpaired) electrons. The van der Waals surface area contributed by atoms with Gasteiger partial charge < -0.3 is 5.32 Å². The van der Waals surface area contributed by atoms with Gasteiger partial charge in [-0.3, -0.25) is 19.4 Å². The Kier molecular flexibility index (Phi) is 5.25. The number of anilines is 1. The van der Waals surface area contributed by atoms with E-state index in [2.05, 4.69) is 32.4 Å². The molecule has 0 saturated carbocycles. The van der Waals surface area contributed by atoms with Crippen LogP contribution in [0, 0.1) is 0 Å². The molecule has 138 valence electrons. The molecule has 3 aromatic rings. The highest BCUT2D eigenvalue weighted by atomic mass is 16.2. The molecule has 1 aliphatic heterocycles. The van der Waals surface area contributed by atoms with Gasteiger partial charge in [0.15, 0.2) is 5.82 Å². The number of nitrogens with zero attached hydrogens (tertiary/aromatic N) is 4. The summed E-state index contributed by atoms with van der Waals surface area (Å²) in [6.45, 7) is 2.40. The van der Waals surface area contributed by atoms with Crippen molar-refractivity contribution >= 4 is 11.7 Å². The number of amides is 1. The molecular weight excluding hydrogens is 338 g/mol. The minimum absolute atomic E-state index is 0.0255. The third kappa shape index (κ3) is 4.41. The van der Waals surface area contributed by atoms with Gasteiger partial charge in [-0.2, -0.15) is 5.10 Å². The highest BCUT2D eigenvalue weighted by molar-refractivity contribution is 5.94. The number of nitrogens with one attached hydrogen (secondary N) is 1. The number of aromatic nitrogens is 3. The topological polar surface area (TPSA) is 63.1 Å². The molecule has 1 amide bonds. The van der Waals surface area contributed by atoms with Crippen molar-refractivity contribution in [2.45, 2.75) is 32.0 Å². The zero-order valence-corrected chi connectivity index (χ0v) is 15.2. The molecule has 1 aliphatic rings. The molecule has 1 aromatic carbocycles. The van der Waals surface area contributed by atoms with Crippen molar-refractivity contribution in [3.05, 3.63) is 78.2 Å². The van der Waals surface area contributed by atoms with Crippen LogP contribution in [0.15, 0.2) is 67.1 Å². The number of likely N-dealkylation sites (tertiary alicyclic amines) is 1. The number of carbonyl (C=O) groups excluding carboxylic acids is 1. The van der Waals surface area contributed by atoms with Gasteiger partial charge in [0.2, 0.25) is 5.91 Å². The van der Waals surface area contributed by atoms with Crippen LogP contribution in [-0.2, 0) is 17.9 Å². The normalized spacial score (nSPS) is 17.1. The fourth-order valence-corrected chi connectivity index (χ4v) is 3.53. The lowest BCUT2D eigenvalue weighted by atomic mass is 10.1. The van der Waals surface area contributed by atoms with Crippen LogP contribution in [0.3, 0.4) is 0 Å². The molecule has 1 fully saturated rings. The molecular formula is C21H23N5O. The summed E-state index contributed by atoms with van der Waals surface area (Å²) >= 11 is 0. The zero-order valence-electron chi connectivity index (χ0n) is 15.2. The first-order chi connectivity index (χ1) is 13.3. The number of rotatable bonds is 6. The van der Waals surface area contributed by atoms with Gasteiger partial charge in [0, 0.05) is 31.2 Å². The molecule has 6 nitrogen and oxygen atoms in total. The first-order valence-electron chi connectivity index (χ1n) is 9.29. The summed E-state index contributed by atoms with van der Waals surface area (Å²) in [6.07, 6.45) is 7.34. The first-order valence-corrected chi connectivity index (χ1v) is 9.29. The maximum Gasteiger partial charge on any atom is 0.242 e. The summed E-state index contributed by atoms with van der Waals surface area (Å²) in [6, 6.07) is 16.0. The third-order valence-electron chi connectivity index (χ3n) is 4.88. The molecule has 0 aliphatic carbocycles. The molecule has 1 saturated heterocycles. The van der Waals surface area contributed by atoms with Gasteiger partial charge in [-0.1, -0.05) is 30.3 Å². The van der Waals surface area contributed by atoms with Crippen molar-refractivity contribution in [2.75, 3.05) is 11.9 Å². The number of pyridine rings is 1.